The summed E-state index contributed by atoms with van der Waals surface area (Å²) in [4.78, 5) is 53.3. The van der Waals surface area contributed by atoms with E-state index in [9.17, 15) is 28.0 Å². The molecule has 1 amide bonds. The minimum atomic E-state index is -3.37. The minimum Gasteiger partial charge on any atom is -0.359 e. The predicted molar refractivity (Wildman–Crippen MR) is 111 cm³/mol. The Morgan fingerprint density at radius 1 is 1.21 bits per heavy atom. The molecule has 2 aromatic heterocycles. The Morgan fingerprint density at radius 2 is 1.94 bits per heavy atom. The molecular formula is C20H15F2N7O4. The molecule has 1 unspecified atom stereocenters. The SMILES string of the molecule is N#Cc1ccc(C(=O)NC2CN(c3cc(-c4c[nH]c(=O)[nH]c4=O)n[nH]c3=O)CC2(F)F)cc1. The average Bonchev–Trinajstić information content (AvgIpc) is 3.08. The molecule has 4 rings (SSSR count). The second kappa shape index (κ2) is 8.15. The van der Waals surface area contributed by atoms with Crippen molar-refractivity contribution in [3.8, 4) is 17.3 Å². The number of aromatic amines is 3. The van der Waals surface area contributed by atoms with Crippen LogP contribution < -0.4 is 27.0 Å². The zero-order valence-electron chi connectivity index (χ0n) is 16.7. The number of anilines is 1. The van der Waals surface area contributed by atoms with E-state index in [1.807, 2.05) is 11.1 Å². The summed E-state index contributed by atoms with van der Waals surface area (Å²) in [5.74, 6) is -4.12. The van der Waals surface area contributed by atoms with Gasteiger partial charge in [0.2, 0.25) is 0 Å². The van der Waals surface area contributed by atoms with E-state index in [2.05, 4.69) is 20.5 Å². The van der Waals surface area contributed by atoms with Gasteiger partial charge in [-0.3, -0.25) is 19.4 Å². The molecule has 1 aliphatic heterocycles. The summed E-state index contributed by atoms with van der Waals surface area (Å²) in [7, 11) is 0. The molecule has 1 atom stereocenters. The van der Waals surface area contributed by atoms with Crippen LogP contribution in [0.3, 0.4) is 0 Å². The molecule has 1 saturated heterocycles. The molecule has 1 aromatic carbocycles. The number of benzene rings is 1. The molecule has 4 N–H and O–H groups in total. The highest BCUT2D eigenvalue weighted by molar-refractivity contribution is 5.94. The van der Waals surface area contributed by atoms with Gasteiger partial charge >= 0.3 is 5.69 Å². The largest absolute Gasteiger partial charge is 0.359 e. The number of amides is 1. The highest BCUT2D eigenvalue weighted by Gasteiger charge is 2.49. The summed E-state index contributed by atoms with van der Waals surface area (Å²) in [6.07, 6.45) is 1.09. The Kier molecular flexibility index (Phi) is 5.34. The summed E-state index contributed by atoms with van der Waals surface area (Å²) in [5, 5.41) is 17.0. The molecule has 0 radical (unpaired) electrons. The first-order chi connectivity index (χ1) is 15.7. The smallest absolute Gasteiger partial charge is 0.325 e. The van der Waals surface area contributed by atoms with E-state index in [0.29, 0.717) is 5.56 Å². The number of aromatic nitrogens is 4. The van der Waals surface area contributed by atoms with E-state index in [4.69, 9.17) is 5.26 Å². The Morgan fingerprint density at radius 3 is 2.61 bits per heavy atom. The topological polar surface area (TPSA) is 168 Å². The van der Waals surface area contributed by atoms with Crippen molar-refractivity contribution in [3.63, 3.8) is 0 Å². The molecule has 13 heteroatoms. The number of halogens is 2. The van der Waals surface area contributed by atoms with Crippen LogP contribution in [0, 0.1) is 11.3 Å². The van der Waals surface area contributed by atoms with Gasteiger partial charge in [0, 0.05) is 18.3 Å². The summed E-state index contributed by atoms with van der Waals surface area (Å²) in [5.41, 5.74) is -2.17. The normalized spacial score (nSPS) is 16.9. The van der Waals surface area contributed by atoms with Crippen molar-refractivity contribution in [1.82, 2.24) is 25.5 Å². The van der Waals surface area contributed by atoms with Gasteiger partial charge in [-0.25, -0.2) is 18.7 Å². The molecule has 0 bridgehead atoms. The van der Waals surface area contributed by atoms with E-state index in [0.717, 1.165) is 17.2 Å². The molecule has 168 valence electrons. The maximum Gasteiger partial charge on any atom is 0.325 e. The zero-order valence-corrected chi connectivity index (χ0v) is 16.7. The van der Waals surface area contributed by atoms with Crippen molar-refractivity contribution in [2.75, 3.05) is 18.0 Å². The maximum atomic E-state index is 14.7. The van der Waals surface area contributed by atoms with E-state index < -0.39 is 41.2 Å². The number of nitrogens with zero attached hydrogens (tertiary/aromatic N) is 3. The van der Waals surface area contributed by atoms with E-state index in [1.165, 1.54) is 24.3 Å². The minimum absolute atomic E-state index is 0.0458. The van der Waals surface area contributed by atoms with Crippen LogP contribution in [-0.4, -0.2) is 51.1 Å². The quantitative estimate of drug-likeness (QED) is 0.427. The van der Waals surface area contributed by atoms with Crippen LogP contribution in [0.15, 0.2) is 50.9 Å². The maximum absolute atomic E-state index is 14.7. The fourth-order valence-corrected chi connectivity index (χ4v) is 3.42. The first-order valence-electron chi connectivity index (χ1n) is 9.54. The van der Waals surface area contributed by atoms with Gasteiger partial charge in [0.15, 0.2) is 0 Å². The summed E-state index contributed by atoms with van der Waals surface area (Å²) in [6, 6.07) is 6.93. The molecule has 1 aliphatic rings. The van der Waals surface area contributed by atoms with Crippen molar-refractivity contribution in [2.24, 2.45) is 0 Å². The first-order valence-corrected chi connectivity index (χ1v) is 9.54. The second-order valence-corrected chi connectivity index (χ2v) is 7.31. The number of rotatable bonds is 4. The third-order valence-corrected chi connectivity index (χ3v) is 5.12. The zero-order chi connectivity index (χ0) is 23.8. The number of H-pyrrole nitrogens is 3. The third-order valence-electron chi connectivity index (χ3n) is 5.12. The van der Waals surface area contributed by atoms with Crippen LogP contribution in [0.25, 0.3) is 11.3 Å². The molecule has 33 heavy (non-hydrogen) atoms. The Hall–Kier alpha value is -4.60. The van der Waals surface area contributed by atoms with Crippen molar-refractivity contribution < 1.29 is 13.6 Å². The number of nitrogens with one attached hydrogen (secondary N) is 4. The summed E-state index contributed by atoms with van der Waals surface area (Å²) >= 11 is 0. The van der Waals surface area contributed by atoms with Crippen LogP contribution in [0.5, 0.6) is 0 Å². The number of hydrogen-bond acceptors (Lipinski definition) is 7. The van der Waals surface area contributed by atoms with Gasteiger partial charge < -0.3 is 15.2 Å². The van der Waals surface area contributed by atoms with Crippen molar-refractivity contribution in [2.45, 2.75) is 12.0 Å². The van der Waals surface area contributed by atoms with Crippen molar-refractivity contribution in [3.05, 3.63) is 78.8 Å². The lowest BCUT2D eigenvalue weighted by Gasteiger charge is -2.18. The standard InChI is InChI=1S/C20H15F2N7O4/c21-20(22)9-29(8-15(20)25-16(30)11-3-1-10(6-23)2-4-11)14-5-13(27-28-18(14)32)12-7-24-19(33)26-17(12)31/h1-5,7,15H,8-9H2,(H,25,30)(H,28,32)(H2,24,26,31,33). The van der Waals surface area contributed by atoms with E-state index in [1.54, 1.807) is 0 Å². The summed E-state index contributed by atoms with van der Waals surface area (Å²) < 4.78 is 29.4. The highest BCUT2D eigenvalue weighted by Crippen LogP contribution is 2.31. The van der Waals surface area contributed by atoms with Crippen molar-refractivity contribution >= 4 is 11.6 Å². The Labute approximate surface area is 182 Å². The molecule has 0 aliphatic carbocycles. The monoisotopic (exact) mass is 455 g/mol. The van der Waals surface area contributed by atoms with Gasteiger partial charge in [-0.05, 0) is 30.3 Å². The Bertz CT molecular complexity index is 1440. The van der Waals surface area contributed by atoms with Crippen LogP contribution >= 0.6 is 0 Å². The highest BCUT2D eigenvalue weighted by atomic mass is 19.3. The van der Waals surface area contributed by atoms with Gasteiger partial charge in [0.25, 0.3) is 22.9 Å². The number of hydrogen-bond donors (Lipinski definition) is 4. The fourth-order valence-electron chi connectivity index (χ4n) is 3.42. The van der Waals surface area contributed by atoms with Crippen LogP contribution in [0.1, 0.15) is 15.9 Å². The number of nitriles is 1. The van der Waals surface area contributed by atoms with Crippen LogP contribution in [0.2, 0.25) is 0 Å². The van der Waals surface area contributed by atoms with Crippen LogP contribution in [-0.2, 0) is 0 Å². The molecule has 0 saturated carbocycles. The lowest BCUT2D eigenvalue weighted by molar-refractivity contribution is -0.00126. The van der Waals surface area contributed by atoms with Crippen molar-refractivity contribution in [1.29, 1.82) is 5.26 Å². The fraction of sp³-hybridized carbons (Fsp3) is 0.200. The van der Waals surface area contributed by atoms with Gasteiger partial charge in [-0.15, -0.1) is 0 Å². The lowest BCUT2D eigenvalue weighted by atomic mass is 10.1. The molecular weight excluding hydrogens is 440 g/mol. The van der Waals surface area contributed by atoms with E-state index >= 15 is 0 Å². The average molecular weight is 455 g/mol. The van der Waals surface area contributed by atoms with Gasteiger partial charge in [0.05, 0.1) is 29.4 Å². The Balaban J connectivity index is 1.59. The van der Waals surface area contributed by atoms with Gasteiger partial charge in [-0.1, -0.05) is 0 Å². The van der Waals surface area contributed by atoms with Gasteiger partial charge in [0.1, 0.15) is 11.7 Å². The lowest BCUT2D eigenvalue weighted by Crippen LogP contribution is -2.46. The molecule has 1 fully saturated rings. The molecule has 11 nitrogen and oxygen atoms in total. The second-order valence-electron chi connectivity index (χ2n) is 7.31. The number of alkyl halides is 2. The predicted octanol–water partition coefficient (Wildman–Crippen LogP) is -0.0609. The summed E-state index contributed by atoms with van der Waals surface area (Å²) in [6.45, 7) is -1.25. The number of carbonyl (C=O) groups excluding carboxylic acids is 1. The van der Waals surface area contributed by atoms with Crippen LogP contribution in [0.4, 0.5) is 14.5 Å². The molecule has 3 aromatic rings. The number of carbonyl (C=O) groups is 1. The first kappa shape index (κ1) is 21.6. The van der Waals surface area contributed by atoms with Gasteiger partial charge in [-0.2, -0.15) is 10.4 Å². The third kappa shape index (κ3) is 4.26. The molecule has 0 spiro atoms. The van der Waals surface area contributed by atoms with E-state index in [-0.39, 0.29) is 29.1 Å². The molecule has 3 heterocycles.